The van der Waals surface area contributed by atoms with Gasteiger partial charge in [0, 0.05) is 0 Å². The van der Waals surface area contributed by atoms with Crippen molar-refractivity contribution in [2.45, 2.75) is 27.7 Å². The maximum atomic E-state index is 5.88. The molecular formula is C15H17N3OS. The molecule has 5 heteroatoms. The number of ether oxygens (including phenoxy) is 1. The third-order valence-electron chi connectivity index (χ3n) is 3.43. The fraction of sp³-hybridized carbons (Fsp3) is 0.267. The van der Waals surface area contributed by atoms with Gasteiger partial charge in [-0.2, -0.15) is 5.10 Å². The van der Waals surface area contributed by atoms with E-state index in [1.54, 1.807) is 0 Å². The predicted molar refractivity (Wildman–Crippen MR) is 83.4 cm³/mol. The van der Waals surface area contributed by atoms with Gasteiger partial charge in [-0.1, -0.05) is 24.4 Å². The molecule has 0 amide bonds. The van der Waals surface area contributed by atoms with Crippen LogP contribution >= 0.6 is 12.2 Å². The number of benzene rings is 1. The molecule has 0 unspecified atom stereocenters. The molecule has 0 saturated carbocycles. The van der Waals surface area contributed by atoms with Crippen LogP contribution in [0.2, 0.25) is 0 Å². The Kier molecular flexibility index (Phi) is 3.99. The first-order valence-electron chi connectivity index (χ1n) is 6.29. The molecule has 0 aliphatic heterocycles. The van der Waals surface area contributed by atoms with Crippen LogP contribution in [0, 0.1) is 27.7 Å². The van der Waals surface area contributed by atoms with E-state index in [-0.39, 0.29) is 4.99 Å². The Balaban J connectivity index is 2.52. The smallest absolute Gasteiger partial charge is 0.249 e. The largest absolute Gasteiger partial charge is 0.437 e. The van der Waals surface area contributed by atoms with Crippen LogP contribution in [0.3, 0.4) is 0 Å². The topological polar surface area (TPSA) is 61.0 Å². The number of rotatable bonds is 3. The summed E-state index contributed by atoms with van der Waals surface area (Å²) in [6, 6.07) is 5.86. The second-order valence-corrected chi connectivity index (χ2v) is 5.19. The summed E-state index contributed by atoms with van der Waals surface area (Å²) in [4.78, 5) is 0.265. The van der Waals surface area contributed by atoms with Gasteiger partial charge >= 0.3 is 0 Å². The third kappa shape index (κ3) is 2.63. The summed E-state index contributed by atoms with van der Waals surface area (Å²) in [6.45, 7) is 7.81. The van der Waals surface area contributed by atoms with Gasteiger partial charge in [0.25, 0.3) is 0 Å². The first-order chi connectivity index (χ1) is 9.41. The Hall–Kier alpha value is -2.01. The lowest BCUT2D eigenvalue weighted by Gasteiger charge is -2.14. The summed E-state index contributed by atoms with van der Waals surface area (Å²) < 4.78 is 5.88. The van der Waals surface area contributed by atoms with Crippen molar-refractivity contribution in [3.05, 3.63) is 46.1 Å². The van der Waals surface area contributed by atoms with Gasteiger partial charge in [-0.25, -0.2) is 0 Å². The lowest BCUT2D eigenvalue weighted by molar-refractivity contribution is 0.449. The first kappa shape index (κ1) is 14.4. The van der Waals surface area contributed by atoms with E-state index in [1.807, 2.05) is 45.9 Å². The minimum atomic E-state index is 0.265. The predicted octanol–water partition coefficient (Wildman–Crippen LogP) is 3.14. The van der Waals surface area contributed by atoms with E-state index in [9.17, 15) is 0 Å². The fourth-order valence-corrected chi connectivity index (χ4v) is 2.13. The fourth-order valence-electron chi connectivity index (χ4n) is 1.89. The summed E-state index contributed by atoms with van der Waals surface area (Å²) in [7, 11) is 0. The van der Waals surface area contributed by atoms with E-state index >= 15 is 0 Å². The molecule has 2 aromatic rings. The number of hydrogen-bond donors (Lipinski definition) is 1. The highest BCUT2D eigenvalue weighted by Gasteiger charge is 2.16. The molecule has 104 valence electrons. The van der Waals surface area contributed by atoms with Crippen molar-refractivity contribution < 1.29 is 4.74 Å². The Morgan fingerprint density at radius 1 is 1.10 bits per heavy atom. The second kappa shape index (κ2) is 5.54. The van der Waals surface area contributed by atoms with Crippen LogP contribution in [-0.4, -0.2) is 15.2 Å². The zero-order chi connectivity index (χ0) is 14.9. The van der Waals surface area contributed by atoms with Crippen molar-refractivity contribution in [1.29, 1.82) is 0 Å². The number of thiocarbonyl (C=S) groups is 1. The molecule has 1 aromatic carbocycles. The maximum absolute atomic E-state index is 5.88. The van der Waals surface area contributed by atoms with Crippen LogP contribution in [0.25, 0.3) is 0 Å². The number of aromatic nitrogens is 2. The van der Waals surface area contributed by atoms with E-state index in [0.29, 0.717) is 11.4 Å². The van der Waals surface area contributed by atoms with Crippen LogP contribution in [0.4, 0.5) is 0 Å². The van der Waals surface area contributed by atoms with Gasteiger partial charge in [0.15, 0.2) is 0 Å². The van der Waals surface area contributed by atoms with Gasteiger partial charge in [-0.15, -0.1) is 5.10 Å². The van der Waals surface area contributed by atoms with Crippen LogP contribution < -0.4 is 10.5 Å². The minimum absolute atomic E-state index is 0.265. The number of aryl methyl sites for hydroxylation is 2. The Morgan fingerprint density at radius 3 is 2.45 bits per heavy atom. The van der Waals surface area contributed by atoms with Gasteiger partial charge in [0.2, 0.25) is 5.88 Å². The summed E-state index contributed by atoms with van der Waals surface area (Å²) in [6.07, 6.45) is 0. The minimum Gasteiger partial charge on any atom is -0.437 e. The monoisotopic (exact) mass is 287 g/mol. The van der Waals surface area contributed by atoms with Crippen LogP contribution in [0.1, 0.15) is 27.9 Å². The SMILES string of the molecule is Cc1cccc(Oc2nnc(C)c(C)c2C(N)=S)c1C. The van der Waals surface area contributed by atoms with Crippen molar-refractivity contribution in [2.24, 2.45) is 5.73 Å². The lowest BCUT2D eigenvalue weighted by Crippen LogP contribution is -2.15. The Morgan fingerprint density at radius 2 is 1.80 bits per heavy atom. The molecule has 0 fully saturated rings. The van der Waals surface area contributed by atoms with Gasteiger partial charge in [0.1, 0.15) is 10.7 Å². The van der Waals surface area contributed by atoms with E-state index in [1.165, 1.54) is 0 Å². The number of hydrogen-bond acceptors (Lipinski definition) is 4. The average Bonchev–Trinajstić information content (AvgIpc) is 2.39. The molecule has 2 rings (SSSR count). The van der Waals surface area contributed by atoms with Crippen LogP contribution in [0.15, 0.2) is 18.2 Å². The molecule has 0 bridgehead atoms. The number of nitrogens with two attached hydrogens (primary N) is 1. The highest BCUT2D eigenvalue weighted by atomic mass is 32.1. The molecule has 0 aliphatic rings. The van der Waals surface area contributed by atoms with E-state index in [2.05, 4.69) is 10.2 Å². The van der Waals surface area contributed by atoms with Crippen LogP contribution in [0.5, 0.6) is 11.6 Å². The lowest BCUT2D eigenvalue weighted by atomic mass is 10.1. The summed E-state index contributed by atoms with van der Waals surface area (Å²) in [5.41, 5.74) is 10.3. The zero-order valence-electron chi connectivity index (χ0n) is 12.0. The molecule has 0 spiro atoms. The quantitative estimate of drug-likeness (QED) is 0.879. The van der Waals surface area contributed by atoms with Crippen molar-refractivity contribution in [1.82, 2.24) is 10.2 Å². The molecule has 0 aliphatic carbocycles. The Bertz CT molecular complexity index is 683. The molecule has 2 N–H and O–H groups in total. The normalized spacial score (nSPS) is 10.4. The van der Waals surface area contributed by atoms with Crippen molar-refractivity contribution >= 4 is 17.2 Å². The number of nitrogens with zero attached hydrogens (tertiary/aromatic N) is 2. The first-order valence-corrected chi connectivity index (χ1v) is 6.70. The summed E-state index contributed by atoms with van der Waals surface area (Å²) in [5, 5.41) is 8.17. The van der Waals surface area contributed by atoms with Gasteiger partial charge in [-0.05, 0) is 50.5 Å². The molecule has 0 saturated heterocycles. The van der Waals surface area contributed by atoms with Gasteiger partial charge in [-0.3, -0.25) is 0 Å². The van der Waals surface area contributed by atoms with Crippen molar-refractivity contribution in [3.63, 3.8) is 0 Å². The van der Waals surface area contributed by atoms with Gasteiger partial charge < -0.3 is 10.5 Å². The molecule has 20 heavy (non-hydrogen) atoms. The molecule has 0 radical (unpaired) electrons. The van der Waals surface area contributed by atoms with E-state index < -0.39 is 0 Å². The Labute approximate surface area is 124 Å². The van der Waals surface area contributed by atoms with Gasteiger partial charge in [0.05, 0.1) is 11.3 Å². The molecular weight excluding hydrogens is 270 g/mol. The maximum Gasteiger partial charge on any atom is 0.249 e. The van der Waals surface area contributed by atoms with E-state index in [0.717, 1.165) is 28.1 Å². The molecule has 0 atom stereocenters. The average molecular weight is 287 g/mol. The summed E-state index contributed by atoms with van der Waals surface area (Å²) >= 11 is 5.10. The molecule has 1 aromatic heterocycles. The highest BCUT2D eigenvalue weighted by molar-refractivity contribution is 7.80. The highest BCUT2D eigenvalue weighted by Crippen LogP contribution is 2.29. The standard InChI is InChI=1S/C15H17N3OS/c1-8-6-5-7-12(9(8)2)19-15-13(14(16)20)10(3)11(4)17-18-15/h5-7H,1-4H3,(H2,16,20). The zero-order valence-corrected chi connectivity index (χ0v) is 12.8. The second-order valence-electron chi connectivity index (χ2n) is 4.75. The third-order valence-corrected chi connectivity index (χ3v) is 3.63. The molecule has 1 heterocycles. The van der Waals surface area contributed by atoms with Crippen molar-refractivity contribution in [3.8, 4) is 11.6 Å². The molecule has 4 nitrogen and oxygen atoms in total. The van der Waals surface area contributed by atoms with E-state index in [4.69, 9.17) is 22.7 Å². The van der Waals surface area contributed by atoms with Crippen LogP contribution in [-0.2, 0) is 0 Å². The van der Waals surface area contributed by atoms with Crippen molar-refractivity contribution in [2.75, 3.05) is 0 Å². The summed E-state index contributed by atoms with van der Waals surface area (Å²) in [5.74, 6) is 1.09.